The van der Waals surface area contributed by atoms with E-state index in [2.05, 4.69) is 10.6 Å². The molecule has 1 fully saturated rings. The second-order valence-electron chi connectivity index (χ2n) is 5.84. The largest absolute Gasteiger partial charge is 0.481 e. The summed E-state index contributed by atoms with van der Waals surface area (Å²) in [5.41, 5.74) is 0. The standard InChI is InChI=1S/C14H26N2O6/c17-7-11(5-13(19)20)15-9-1-2-10(4-3-9)16-12(8-18)6-14(21)22/h9-12,15-18H,1-8H2,(H,19,20)(H,21,22). The lowest BCUT2D eigenvalue weighted by molar-refractivity contribution is -0.139. The van der Waals surface area contributed by atoms with Gasteiger partial charge in [0.25, 0.3) is 0 Å². The summed E-state index contributed by atoms with van der Waals surface area (Å²) in [5, 5.41) is 42.2. The molecule has 0 spiro atoms. The second-order valence-corrected chi connectivity index (χ2v) is 5.84. The number of nitrogens with one attached hydrogen (secondary N) is 2. The number of hydrogen-bond donors (Lipinski definition) is 6. The number of aliphatic hydroxyl groups is 2. The van der Waals surface area contributed by atoms with E-state index in [-0.39, 0.29) is 38.1 Å². The molecule has 2 atom stereocenters. The molecule has 22 heavy (non-hydrogen) atoms. The van der Waals surface area contributed by atoms with Crippen LogP contribution in [0.2, 0.25) is 0 Å². The summed E-state index contributed by atoms with van der Waals surface area (Å²) in [5.74, 6) is -1.89. The van der Waals surface area contributed by atoms with E-state index in [1.54, 1.807) is 0 Å². The van der Waals surface area contributed by atoms with Crippen molar-refractivity contribution in [1.29, 1.82) is 0 Å². The van der Waals surface area contributed by atoms with Crippen LogP contribution < -0.4 is 10.6 Å². The predicted octanol–water partition coefficient (Wildman–Crippen LogP) is -0.852. The van der Waals surface area contributed by atoms with Crippen molar-refractivity contribution in [2.45, 2.75) is 62.7 Å². The molecule has 128 valence electrons. The topological polar surface area (TPSA) is 139 Å². The predicted molar refractivity (Wildman–Crippen MR) is 78.6 cm³/mol. The van der Waals surface area contributed by atoms with Crippen LogP contribution in [0.3, 0.4) is 0 Å². The summed E-state index contributed by atoms with van der Waals surface area (Å²) in [4.78, 5) is 21.3. The van der Waals surface area contributed by atoms with Gasteiger partial charge in [-0.05, 0) is 25.7 Å². The Morgan fingerprint density at radius 2 is 1.14 bits per heavy atom. The zero-order valence-electron chi connectivity index (χ0n) is 12.6. The molecule has 0 bridgehead atoms. The van der Waals surface area contributed by atoms with Gasteiger partial charge in [-0.15, -0.1) is 0 Å². The quantitative estimate of drug-likeness (QED) is 0.306. The van der Waals surface area contributed by atoms with Crippen molar-refractivity contribution in [2.24, 2.45) is 0 Å². The summed E-state index contributed by atoms with van der Waals surface area (Å²) in [6.45, 7) is -0.425. The number of carboxylic acids is 2. The molecular weight excluding hydrogens is 292 g/mol. The van der Waals surface area contributed by atoms with E-state index in [0.29, 0.717) is 0 Å². The highest BCUT2D eigenvalue weighted by Gasteiger charge is 2.25. The molecule has 8 heteroatoms. The Bertz CT molecular complexity index is 323. The molecule has 0 heterocycles. The van der Waals surface area contributed by atoms with Crippen molar-refractivity contribution >= 4 is 11.9 Å². The molecule has 1 rings (SSSR count). The fourth-order valence-corrected chi connectivity index (χ4v) is 2.87. The third-order valence-electron chi connectivity index (χ3n) is 3.95. The SMILES string of the molecule is O=C(O)CC(CO)NC1CCC(NC(CO)CC(=O)O)CC1. The molecule has 0 aromatic carbocycles. The van der Waals surface area contributed by atoms with Crippen molar-refractivity contribution in [3.8, 4) is 0 Å². The summed E-state index contributed by atoms with van der Waals surface area (Å²) in [7, 11) is 0. The average molecular weight is 318 g/mol. The molecule has 1 saturated carbocycles. The van der Waals surface area contributed by atoms with E-state index >= 15 is 0 Å². The van der Waals surface area contributed by atoms with Crippen LogP contribution in [-0.2, 0) is 9.59 Å². The molecule has 8 nitrogen and oxygen atoms in total. The van der Waals surface area contributed by atoms with Crippen molar-refractivity contribution in [2.75, 3.05) is 13.2 Å². The summed E-state index contributed by atoms with van der Waals surface area (Å²) in [6.07, 6.45) is 3.05. The fourth-order valence-electron chi connectivity index (χ4n) is 2.87. The Hall–Kier alpha value is -1.22. The van der Waals surface area contributed by atoms with Gasteiger partial charge in [-0.1, -0.05) is 0 Å². The lowest BCUT2D eigenvalue weighted by atomic mass is 9.90. The van der Waals surface area contributed by atoms with Gasteiger partial charge < -0.3 is 31.1 Å². The molecule has 6 N–H and O–H groups in total. The first-order chi connectivity index (χ1) is 10.4. The minimum absolute atomic E-state index is 0.111. The van der Waals surface area contributed by atoms with Crippen LogP contribution in [0.25, 0.3) is 0 Å². The van der Waals surface area contributed by atoms with Gasteiger partial charge in [-0.3, -0.25) is 9.59 Å². The van der Waals surface area contributed by atoms with E-state index in [4.69, 9.17) is 10.2 Å². The highest BCUT2D eigenvalue weighted by Crippen LogP contribution is 2.20. The van der Waals surface area contributed by atoms with Crippen LogP contribution >= 0.6 is 0 Å². The summed E-state index contributed by atoms with van der Waals surface area (Å²) in [6, 6.07) is -0.573. The van der Waals surface area contributed by atoms with Crippen molar-refractivity contribution in [3.63, 3.8) is 0 Å². The monoisotopic (exact) mass is 318 g/mol. The second kappa shape index (κ2) is 9.73. The normalized spacial score (nSPS) is 24.6. The van der Waals surface area contributed by atoms with Crippen LogP contribution in [0, 0.1) is 0 Å². The highest BCUT2D eigenvalue weighted by molar-refractivity contribution is 5.67. The molecule has 0 aliphatic heterocycles. The number of aliphatic hydroxyl groups excluding tert-OH is 2. The van der Waals surface area contributed by atoms with Crippen LogP contribution in [0.1, 0.15) is 38.5 Å². The van der Waals surface area contributed by atoms with Gasteiger partial charge in [-0.2, -0.15) is 0 Å². The zero-order chi connectivity index (χ0) is 16.5. The van der Waals surface area contributed by atoms with Crippen LogP contribution in [0.5, 0.6) is 0 Å². The Labute approximate surface area is 129 Å². The maximum Gasteiger partial charge on any atom is 0.305 e. The van der Waals surface area contributed by atoms with Crippen LogP contribution in [0.15, 0.2) is 0 Å². The van der Waals surface area contributed by atoms with Gasteiger partial charge in [0.15, 0.2) is 0 Å². The Morgan fingerprint density at radius 1 is 0.818 bits per heavy atom. The number of rotatable bonds is 10. The third-order valence-corrected chi connectivity index (χ3v) is 3.95. The van der Waals surface area contributed by atoms with Crippen molar-refractivity contribution < 1.29 is 30.0 Å². The maximum atomic E-state index is 10.7. The van der Waals surface area contributed by atoms with E-state index < -0.39 is 24.0 Å². The molecule has 0 aromatic heterocycles. The smallest absolute Gasteiger partial charge is 0.305 e. The molecule has 0 radical (unpaired) electrons. The average Bonchev–Trinajstić information content (AvgIpc) is 2.46. The lowest BCUT2D eigenvalue weighted by Gasteiger charge is -2.33. The van der Waals surface area contributed by atoms with Crippen LogP contribution in [-0.4, -0.2) is 69.7 Å². The lowest BCUT2D eigenvalue weighted by Crippen LogP contribution is -2.48. The van der Waals surface area contributed by atoms with E-state index in [1.165, 1.54) is 0 Å². The van der Waals surface area contributed by atoms with Gasteiger partial charge in [0, 0.05) is 24.2 Å². The van der Waals surface area contributed by atoms with Crippen molar-refractivity contribution in [3.05, 3.63) is 0 Å². The zero-order valence-corrected chi connectivity index (χ0v) is 12.6. The first-order valence-corrected chi connectivity index (χ1v) is 7.62. The molecule has 0 saturated heterocycles. The minimum Gasteiger partial charge on any atom is -0.481 e. The highest BCUT2D eigenvalue weighted by atomic mass is 16.4. The Balaban J connectivity index is 2.33. The van der Waals surface area contributed by atoms with Crippen molar-refractivity contribution in [1.82, 2.24) is 10.6 Å². The molecule has 1 aliphatic carbocycles. The first-order valence-electron chi connectivity index (χ1n) is 7.62. The number of aliphatic carboxylic acids is 2. The Kier molecular flexibility index (Phi) is 8.32. The molecule has 2 unspecified atom stereocenters. The van der Waals surface area contributed by atoms with Crippen LogP contribution in [0.4, 0.5) is 0 Å². The van der Waals surface area contributed by atoms with Gasteiger partial charge >= 0.3 is 11.9 Å². The first kappa shape index (κ1) is 18.8. The van der Waals surface area contributed by atoms with Gasteiger partial charge in [0.1, 0.15) is 0 Å². The maximum absolute atomic E-state index is 10.7. The number of hydrogen-bond acceptors (Lipinski definition) is 6. The Morgan fingerprint density at radius 3 is 1.36 bits per heavy atom. The molecule has 1 aliphatic rings. The van der Waals surface area contributed by atoms with Gasteiger partial charge in [0.05, 0.1) is 26.1 Å². The minimum atomic E-state index is -0.943. The third kappa shape index (κ3) is 7.17. The fraction of sp³-hybridized carbons (Fsp3) is 0.857. The van der Waals surface area contributed by atoms with E-state index in [0.717, 1.165) is 25.7 Å². The van der Waals surface area contributed by atoms with Gasteiger partial charge in [-0.25, -0.2) is 0 Å². The van der Waals surface area contributed by atoms with E-state index in [9.17, 15) is 19.8 Å². The summed E-state index contributed by atoms with van der Waals surface area (Å²) >= 11 is 0. The molecule has 0 amide bonds. The van der Waals surface area contributed by atoms with E-state index in [1.807, 2.05) is 0 Å². The van der Waals surface area contributed by atoms with Gasteiger partial charge in [0.2, 0.25) is 0 Å². The molecular formula is C14H26N2O6. The molecule has 0 aromatic rings. The summed E-state index contributed by atoms with van der Waals surface area (Å²) < 4.78 is 0. The number of carbonyl (C=O) groups is 2. The number of carboxylic acid groups (broad SMARTS) is 2.